The second kappa shape index (κ2) is 5.89. The Hall–Kier alpha value is -0.120. The maximum atomic E-state index is 10.4. The van der Waals surface area contributed by atoms with Gasteiger partial charge in [0.1, 0.15) is 0 Å². The summed E-state index contributed by atoms with van der Waals surface area (Å²) in [5.41, 5.74) is 0. The van der Waals surface area contributed by atoms with Gasteiger partial charge >= 0.3 is 0 Å². The van der Waals surface area contributed by atoms with Crippen LogP contribution in [0.4, 0.5) is 0 Å². The number of hydrogen-bond donors (Lipinski definition) is 1. The van der Waals surface area contributed by atoms with Crippen LogP contribution in [0.15, 0.2) is 0 Å². The number of methoxy groups -OCH3 is 1. The Morgan fingerprint density at radius 2 is 1.83 bits per heavy atom. The summed E-state index contributed by atoms with van der Waals surface area (Å²) in [5.74, 6) is 1.89. The van der Waals surface area contributed by atoms with Gasteiger partial charge in [-0.3, -0.25) is 4.90 Å². The van der Waals surface area contributed by atoms with Crippen LogP contribution >= 0.6 is 0 Å². The van der Waals surface area contributed by atoms with E-state index < -0.39 is 0 Å². The van der Waals surface area contributed by atoms with Crippen molar-refractivity contribution in [2.45, 2.75) is 58.3 Å². The molecule has 2 rings (SSSR count). The summed E-state index contributed by atoms with van der Waals surface area (Å²) < 4.78 is 5.59. The van der Waals surface area contributed by atoms with Gasteiger partial charge in [0.05, 0.1) is 12.2 Å². The Bertz CT molecular complexity index is 259. The van der Waals surface area contributed by atoms with E-state index in [0.29, 0.717) is 29.9 Å². The van der Waals surface area contributed by atoms with Crippen LogP contribution in [0.1, 0.15) is 40.0 Å². The van der Waals surface area contributed by atoms with Gasteiger partial charge in [0.25, 0.3) is 0 Å². The first kappa shape index (κ1) is 14.3. The molecule has 1 N–H and O–H groups in total. The van der Waals surface area contributed by atoms with Crippen molar-refractivity contribution in [1.82, 2.24) is 4.90 Å². The minimum atomic E-state index is -0.158. The van der Waals surface area contributed by atoms with Crippen LogP contribution in [0.2, 0.25) is 0 Å². The lowest BCUT2D eigenvalue weighted by atomic mass is 9.76. The maximum Gasteiger partial charge on any atom is 0.0724 e. The summed E-state index contributed by atoms with van der Waals surface area (Å²) in [4.78, 5) is 2.48. The third-order valence-corrected chi connectivity index (χ3v) is 5.04. The summed E-state index contributed by atoms with van der Waals surface area (Å²) in [6.45, 7) is 8.92. The van der Waals surface area contributed by atoms with Gasteiger partial charge < -0.3 is 9.84 Å². The van der Waals surface area contributed by atoms with E-state index in [-0.39, 0.29) is 6.10 Å². The minimum absolute atomic E-state index is 0.158. The fraction of sp³-hybridized carbons (Fsp3) is 1.00. The molecule has 1 saturated carbocycles. The number of ether oxygens (including phenoxy) is 1. The molecule has 0 aromatic rings. The molecule has 106 valence electrons. The standard InChI is InChI=1S/C15H29NO2/c1-10-7-12(3)15(13(17)8-10)16-6-5-11(2)14(9-16)18-4/h10-15,17H,5-9H2,1-4H3. The highest BCUT2D eigenvalue weighted by Gasteiger charge is 2.39. The molecule has 3 nitrogen and oxygen atoms in total. The van der Waals surface area contributed by atoms with Crippen molar-refractivity contribution in [3.8, 4) is 0 Å². The van der Waals surface area contributed by atoms with Gasteiger partial charge in [-0.2, -0.15) is 0 Å². The third kappa shape index (κ3) is 2.89. The van der Waals surface area contributed by atoms with Gasteiger partial charge in [-0.15, -0.1) is 0 Å². The van der Waals surface area contributed by atoms with Crippen LogP contribution in [-0.4, -0.2) is 48.5 Å². The number of aliphatic hydroxyl groups is 1. The van der Waals surface area contributed by atoms with Crippen molar-refractivity contribution in [3.63, 3.8) is 0 Å². The molecule has 0 aromatic heterocycles. The molecule has 1 saturated heterocycles. The Labute approximate surface area is 112 Å². The lowest BCUT2D eigenvalue weighted by molar-refractivity contribution is -0.0751. The van der Waals surface area contributed by atoms with Crippen LogP contribution in [0.5, 0.6) is 0 Å². The quantitative estimate of drug-likeness (QED) is 0.820. The summed E-state index contributed by atoms with van der Waals surface area (Å²) in [5, 5.41) is 10.4. The molecule has 1 heterocycles. The normalized spacial score (nSPS) is 47.2. The van der Waals surface area contributed by atoms with E-state index >= 15 is 0 Å². The van der Waals surface area contributed by atoms with Crippen molar-refractivity contribution < 1.29 is 9.84 Å². The molecule has 0 bridgehead atoms. The van der Waals surface area contributed by atoms with Gasteiger partial charge in [0.15, 0.2) is 0 Å². The van der Waals surface area contributed by atoms with Crippen LogP contribution in [0.25, 0.3) is 0 Å². The molecule has 2 fully saturated rings. The Morgan fingerprint density at radius 3 is 2.44 bits per heavy atom. The molecular formula is C15H29NO2. The molecule has 6 unspecified atom stereocenters. The highest BCUT2D eigenvalue weighted by atomic mass is 16.5. The van der Waals surface area contributed by atoms with Gasteiger partial charge in [0.2, 0.25) is 0 Å². The van der Waals surface area contributed by atoms with E-state index in [1.807, 2.05) is 7.11 Å². The number of nitrogens with zero attached hydrogens (tertiary/aromatic N) is 1. The van der Waals surface area contributed by atoms with Crippen molar-refractivity contribution in [1.29, 1.82) is 0 Å². The third-order valence-electron chi connectivity index (χ3n) is 5.04. The average molecular weight is 255 g/mol. The van der Waals surface area contributed by atoms with Crippen molar-refractivity contribution >= 4 is 0 Å². The summed E-state index contributed by atoms with van der Waals surface area (Å²) in [6.07, 6.45) is 3.56. The Balaban J connectivity index is 2.02. The molecule has 1 aliphatic carbocycles. The first-order valence-electron chi connectivity index (χ1n) is 7.47. The van der Waals surface area contributed by atoms with Crippen LogP contribution in [-0.2, 0) is 4.74 Å². The van der Waals surface area contributed by atoms with E-state index in [1.54, 1.807) is 0 Å². The molecule has 6 atom stereocenters. The fourth-order valence-corrected chi connectivity index (χ4v) is 4.04. The lowest BCUT2D eigenvalue weighted by Gasteiger charge is -2.47. The van der Waals surface area contributed by atoms with E-state index in [4.69, 9.17) is 4.74 Å². The zero-order chi connectivity index (χ0) is 13.3. The predicted molar refractivity (Wildman–Crippen MR) is 73.5 cm³/mol. The van der Waals surface area contributed by atoms with Crippen molar-refractivity contribution in [2.75, 3.05) is 20.2 Å². The van der Waals surface area contributed by atoms with Crippen LogP contribution in [0, 0.1) is 17.8 Å². The number of likely N-dealkylation sites (tertiary alicyclic amines) is 1. The van der Waals surface area contributed by atoms with E-state index in [0.717, 1.165) is 19.5 Å². The topological polar surface area (TPSA) is 32.7 Å². The monoisotopic (exact) mass is 255 g/mol. The highest BCUT2D eigenvalue weighted by Crippen LogP contribution is 2.34. The highest BCUT2D eigenvalue weighted by molar-refractivity contribution is 4.93. The molecule has 2 aliphatic rings. The van der Waals surface area contributed by atoms with Gasteiger partial charge in [-0.05, 0) is 43.6 Å². The number of piperidine rings is 1. The Kier molecular flexibility index (Phi) is 4.68. The molecule has 3 heteroatoms. The summed E-state index contributed by atoms with van der Waals surface area (Å²) in [7, 11) is 1.81. The zero-order valence-electron chi connectivity index (χ0n) is 12.3. The molecular weight excluding hydrogens is 226 g/mol. The van der Waals surface area contributed by atoms with Crippen LogP contribution in [0.3, 0.4) is 0 Å². The summed E-state index contributed by atoms with van der Waals surface area (Å²) >= 11 is 0. The fourth-order valence-electron chi connectivity index (χ4n) is 4.04. The largest absolute Gasteiger partial charge is 0.391 e. The first-order chi connectivity index (χ1) is 8.52. The molecule has 18 heavy (non-hydrogen) atoms. The average Bonchev–Trinajstić information content (AvgIpc) is 2.30. The van der Waals surface area contributed by atoms with Crippen molar-refractivity contribution in [3.05, 3.63) is 0 Å². The van der Waals surface area contributed by atoms with Gasteiger partial charge in [-0.25, -0.2) is 0 Å². The summed E-state index contributed by atoms with van der Waals surface area (Å²) in [6, 6.07) is 0.339. The SMILES string of the molecule is COC1CN(C2C(C)CC(C)CC2O)CCC1C. The second-order valence-electron chi connectivity index (χ2n) is 6.65. The lowest BCUT2D eigenvalue weighted by Crippen LogP contribution is -2.56. The van der Waals surface area contributed by atoms with Crippen LogP contribution < -0.4 is 0 Å². The molecule has 0 aromatic carbocycles. The molecule has 0 spiro atoms. The predicted octanol–water partition coefficient (Wildman–Crippen LogP) is 2.14. The first-order valence-corrected chi connectivity index (χ1v) is 7.47. The van der Waals surface area contributed by atoms with E-state index in [1.165, 1.54) is 12.8 Å². The number of aliphatic hydroxyl groups excluding tert-OH is 1. The maximum absolute atomic E-state index is 10.4. The molecule has 0 radical (unpaired) electrons. The minimum Gasteiger partial charge on any atom is -0.391 e. The molecule has 1 aliphatic heterocycles. The number of hydrogen-bond acceptors (Lipinski definition) is 3. The second-order valence-corrected chi connectivity index (χ2v) is 6.65. The number of rotatable bonds is 2. The van der Waals surface area contributed by atoms with Gasteiger partial charge in [0, 0.05) is 19.7 Å². The van der Waals surface area contributed by atoms with E-state index in [2.05, 4.69) is 25.7 Å². The van der Waals surface area contributed by atoms with E-state index in [9.17, 15) is 5.11 Å². The zero-order valence-corrected chi connectivity index (χ0v) is 12.3. The smallest absolute Gasteiger partial charge is 0.0724 e. The Morgan fingerprint density at radius 1 is 1.11 bits per heavy atom. The van der Waals surface area contributed by atoms with Gasteiger partial charge in [-0.1, -0.05) is 20.8 Å². The van der Waals surface area contributed by atoms with Crippen molar-refractivity contribution in [2.24, 2.45) is 17.8 Å². The molecule has 0 amide bonds.